The Morgan fingerprint density at radius 3 is 2.80 bits per heavy atom. The van der Waals surface area contributed by atoms with Gasteiger partial charge in [-0.2, -0.15) is 0 Å². The summed E-state index contributed by atoms with van der Waals surface area (Å²) in [6.07, 6.45) is 0.770. The van der Waals surface area contributed by atoms with Crippen LogP contribution >= 0.6 is 0 Å². The van der Waals surface area contributed by atoms with E-state index in [1.807, 2.05) is 13.8 Å². The number of carbonyl (C=O) groups is 3. The lowest BCUT2D eigenvalue weighted by Gasteiger charge is -2.33. The maximum absolute atomic E-state index is 13.0. The van der Waals surface area contributed by atoms with E-state index in [0.29, 0.717) is 12.8 Å². The number of aliphatic hydroxyl groups is 1. The second-order valence-electron chi connectivity index (χ2n) is 7.23. The Kier molecular flexibility index (Phi) is 4.76. The fourth-order valence-electron chi connectivity index (χ4n) is 4.67. The van der Waals surface area contributed by atoms with Crippen molar-refractivity contribution in [1.29, 1.82) is 0 Å². The highest BCUT2D eigenvalue weighted by Gasteiger charge is 2.74. The number of likely N-dealkylation sites (tertiary alicyclic amines) is 1. The van der Waals surface area contributed by atoms with Gasteiger partial charge < -0.3 is 24.8 Å². The number of aliphatic hydroxyl groups excluding tert-OH is 1. The van der Waals surface area contributed by atoms with Crippen LogP contribution in [-0.4, -0.2) is 71.3 Å². The molecular formula is C17H26N2O6. The molecule has 8 nitrogen and oxygen atoms in total. The van der Waals surface area contributed by atoms with Gasteiger partial charge in [0.1, 0.15) is 11.6 Å². The molecule has 140 valence electrons. The molecule has 8 heteroatoms. The lowest BCUT2D eigenvalue weighted by molar-refractivity contribution is -0.154. The van der Waals surface area contributed by atoms with Crippen LogP contribution in [0.15, 0.2) is 0 Å². The molecule has 0 aromatic rings. The summed E-state index contributed by atoms with van der Waals surface area (Å²) in [6, 6.07) is -0.919. The molecule has 0 saturated carbocycles. The number of amides is 2. The highest BCUT2D eigenvalue weighted by atomic mass is 16.6. The Morgan fingerprint density at radius 2 is 2.20 bits per heavy atom. The summed E-state index contributed by atoms with van der Waals surface area (Å²) < 4.78 is 11.3. The number of fused-ring (bicyclic) bond motifs is 1. The molecule has 0 radical (unpaired) electrons. The van der Waals surface area contributed by atoms with Crippen LogP contribution in [0.4, 0.5) is 0 Å². The molecule has 0 aromatic carbocycles. The van der Waals surface area contributed by atoms with E-state index in [4.69, 9.17) is 9.47 Å². The molecule has 5 atom stereocenters. The predicted octanol–water partition coefficient (Wildman–Crippen LogP) is -0.559. The van der Waals surface area contributed by atoms with Crippen LogP contribution in [0.3, 0.4) is 0 Å². The summed E-state index contributed by atoms with van der Waals surface area (Å²) >= 11 is 0. The van der Waals surface area contributed by atoms with E-state index in [2.05, 4.69) is 5.32 Å². The van der Waals surface area contributed by atoms with Crippen molar-refractivity contribution < 1.29 is 29.0 Å². The van der Waals surface area contributed by atoms with Crippen molar-refractivity contribution in [3.8, 4) is 0 Å². The summed E-state index contributed by atoms with van der Waals surface area (Å²) in [6.45, 7) is 5.41. The first-order valence-corrected chi connectivity index (χ1v) is 8.93. The fourth-order valence-corrected chi connectivity index (χ4v) is 4.67. The Morgan fingerprint density at radius 1 is 1.48 bits per heavy atom. The molecule has 3 heterocycles. The van der Waals surface area contributed by atoms with Crippen LogP contribution in [0.25, 0.3) is 0 Å². The Hall–Kier alpha value is -1.67. The minimum absolute atomic E-state index is 0.0385. The highest BCUT2D eigenvalue weighted by molar-refractivity contribution is 5.98. The Bertz CT molecular complexity index is 579. The second-order valence-corrected chi connectivity index (χ2v) is 7.23. The maximum Gasteiger partial charge on any atom is 0.312 e. The molecule has 0 aromatic heterocycles. The van der Waals surface area contributed by atoms with Gasteiger partial charge in [-0.1, -0.05) is 0 Å². The topological polar surface area (TPSA) is 105 Å². The molecule has 2 unspecified atom stereocenters. The van der Waals surface area contributed by atoms with E-state index >= 15 is 0 Å². The molecule has 2 N–H and O–H groups in total. The van der Waals surface area contributed by atoms with E-state index in [1.165, 1.54) is 4.90 Å². The van der Waals surface area contributed by atoms with E-state index in [-0.39, 0.29) is 37.6 Å². The SMILES string of the molecule is CCOC(=O)[C@@H]1[C@H]2C(=O)N(CCO)C(C(=O)NC(C)C)C23CC[C@H]1O3. The number of hydrogen-bond donors (Lipinski definition) is 2. The third-order valence-corrected chi connectivity index (χ3v) is 5.38. The minimum atomic E-state index is -1.01. The van der Waals surface area contributed by atoms with Crippen molar-refractivity contribution in [1.82, 2.24) is 10.2 Å². The van der Waals surface area contributed by atoms with E-state index < -0.39 is 35.6 Å². The van der Waals surface area contributed by atoms with E-state index in [1.54, 1.807) is 6.92 Å². The average molecular weight is 354 g/mol. The zero-order valence-corrected chi connectivity index (χ0v) is 14.9. The summed E-state index contributed by atoms with van der Waals surface area (Å²) in [5, 5.41) is 12.2. The molecule has 3 aliphatic heterocycles. The summed E-state index contributed by atoms with van der Waals surface area (Å²) in [7, 11) is 0. The number of nitrogens with one attached hydrogen (secondary N) is 1. The summed E-state index contributed by atoms with van der Waals surface area (Å²) in [5.74, 6) is -2.46. The fraction of sp³-hybridized carbons (Fsp3) is 0.824. The number of rotatable bonds is 6. The van der Waals surface area contributed by atoms with Crippen molar-refractivity contribution in [2.45, 2.75) is 57.4 Å². The molecule has 1 spiro atoms. The number of β-amino-alcohol motifs (C(OH)–C–C–N with tert-alkyl or cyclic N) is 1. The number of hydrogen-bond acceptors (Lipinski definition) is 6. The first-order chi connectivity index (χ1) is 11.9. The smallest absolute Gasteiger partial charge is 0.312 e. The van der Waals surface area contributed by atoms with Gasteiger partial charge in [-0.05, 0) is 33.6 Å². The Balaban J connectivity index is 1.98. The number of carbonyl (C=O) groups excluding carboxylic acids is 3. The van der Waals surface area contributed by atoms with Gasteiger partial charge in [0.25, 0.3) is 0 Å². The molecule has 2 bridgehead atoms. The third-order valence-electron chi connectivity index (χ3n) is 5.38. The average Bonchev–Trinajstić information content (AvgIpc) is 3.15. The van der Waals surface area contributed by atoms with Gasteiger partial charge in [0.05, 0.1) is 31.2 Å². The zero-order valence-electron chi connectivity index (χ0n) is 14.9. The van der Waals surface area contributed by atoms with Crippen molar-refractivity contribution in [3.63, 3.8) is 0 Å². The number of esters is 1. The summed E-state index contributed by atoms with van der Waals surface area (Å²) in [5.41, 5.74) is -1.01. The van der Waals surface area contributed by atoms with Crippen LogP contribution in [0.2, 0.25) is 0 Å². The van der Waals surface area contributed by atoms with Gasteiger partial charge in [0, 0.05) is 12.6 Å². The number of ether oxygens (including phenoxy) is 2. The van der Waals surface area contributed by atoms with E-state index in [0.717, 1.165) is 0 Å². The first-order valence-electron chi connectivity index (χ1n) is 8.93. The second kappa shape index (κ2) is 6.57. The highest BCUT2D eigenvalue weighted by Crippen LogP contribution is 2.58. The van der Waals surface area contributed by atoms with E-state index in [9.17, 15) is 19.5 Å². The van der Waals surface area contributed by atoms with Gasteiger partial charge in [0.15, 0.2) is 0 Å². The standard InChI is InChI=1S/C17H26N2O6/c1-4-24-16(23)11-10-5-6-17(25-10)12(11)15(22)19(7-8-20)13(17)14(21)18-9(2)3/h9-13,20H,4-8H2,1-3H3,(H,18,21)/t10-,11+,12+,13?,17?/m1/s1. The van der Waals surface area contributed by atoms with Crippen LogP contribution in [0, 0.1) is 11.8 Å². The van der Waals surface area contributed by atoms with Gasteiger partial charge >= 0.3 is 5.97 Å². The third kappa shape index (κ3) is 2.62. The largest absolute Gasteiger partial charge is 0.466 e. The van der Waals surface area contributed by atoms with Crippen LogP contribution in [0.1, 0.15) is 33.6 Å². The van der Waals surface area contributed by atoms with Gasteiger partial charge in [0.2, 0.25) is 11.8 Å². The van der Waals surface area contributed by atoms with Crippen molar-refractivity contribution in [3.05, 3.63) is 0 Å². The Labute approximate surface area is 146 Å². The molecular weight excluding hydrogens is 328 g/mol. The van der Waals surface area contributed by atoms with Crippen LogP contribution in [-0.2, 0) is 23.9 Å². The van der Waals surface area contributed by atoms with Gasteiger partial charge in [-0.25, -0.2) is 0 Å². The van der Waals surface area contributed by atoms with Crippen molar-refractivity contribution in [2.75, 3.05) is 19.8 Å². The zero-order chi connectivity index (χ0) is 18.4. The monoisotopic (exact) mass is 354 g/mol. The lowest BCUT2D eigenvalue weighted by Crippen LogP contribution is -2.56. The molecule has 3 aliphatic rings. The van der Waals surface area contributed by atoms with Gasteiger partial charge in [-0.15, -0.1) is 0 Å². The molecule has 0 aliphatic carbocycles. The molecule has 3 fully saturated rings. The quantitative estimate of drug-likeness (QED) is 0.620. The van der Waals surface area contributed by atoms with Crippen molar-refractivity contribution in [2.24, 2.45) is 11.8 Å². The van der Waals surface area contributed by atoms with Crippen LogP contribution in [0.5, 0.6) is 0 Å². The van der Waals surface area contributed by atoms with Crippen LogP contribution < -0.4 is 5.32 Å². The molecule has 2 amide bonds. The maximum atomic E-state index is 13.0. The predicted molar refractivity (Wildman–Crippen MR) is 86.3 cm³/mol. The molecule has 3 saturated heterocycles. The van der Waals surface area contributed by atoms with Gasteiger partial charge in [-0.3, -0.25) is 14.4 Å². The molecule has 25 heavy (non-hydrogen) atoms. The lowest BCUT2D eigenvalue weighted by atomic mass is 9.70. The first kappa shape index (κ1) is 18.1. The number of nitrogens with zero attached hydrogens (tertiary/aromatic N) is 1. The summed E-state index contributed by atoms with van der Waals surface area (Å²) in [4.78, 5) is 39.6. The normalized spacial score (nSPS) is 36.0. The minimum Gasteiger partial charge on any atom is -0.466 e. The molecule has 3 rings (SSSR count). The van der Waals surface area contributed by atoms with Crippen molar-refractivity contribution >= 4 is 17.8 Å².